The van der Waals surface area contributed by atoms with Crippen LogP contribution in [0.15, 0.2) is 36.0 Å². The number of hydrogen-bond acceptors (Lipinski definition) is 8. The zero-order valence-electron chi connectivity index (χ0n) is 15.5. The minimum absolute atomic E-state index is 0. The van der Waals surface area contributed by atoms with Crippen molar-refractivity contribution in [1.82, 2.24) is 24.9 Å². The molecular weight excluding hydrogens is 372 g/mol. The highest BCUT2D eigenvalue weighted by atomic mass is 32.1. The molecule has 3 N–H and O–H groups in total. The molecule has 5 rings (SSSR count). The van der Waals surface area contributed by atoms with Gasteiger partial charge in [-0.3, -0.25) is 0 Å². The highest BCUT2D eigenvalue weighted by molar-refractivity contribution is 7.13. The number of hydrogen-bond donors (Lipinski definition) is 2. The number of nitrogens with two attached hydrogens (primary N) is 1. The summed E-state index contributed by atoms with van der Waals surface area (Å²) in [7, 11) is 0. The fourth-order valence-corrected chi connectivity index (χ4v) is 4.15. The Balaban J connectivity index is 0.00000128. The van der Waals surface area contributed by atoms with Gasteiger partial charge >= 0.3 is 0 Å². The van der Waals surface area contributed by atoms with Crippen molar-refractivity contribution in [3.8, 4) is 11.5 Å². The van der Waals surface area contributed by atoms with Crippen LogP contribution in [-0.4, -0.2) is 51.1 Å². The molecule has 0 saturated carbocycles. The maximum absolute atomic E-state index is 6.12. The Morgan fingerprint density at radius 3 is 2.71 bits per heavy atom. The molecular formula is C19H24N8S. The molecule has 3 aromatic heterocycles. The lowest BCUT2D eigenvalue weighted by Gasteiger charge is -2.35. The van der Waals surface area contributed by atoms with Crippen LogP contribution < -0.4 is 15.5 Å². The van der Waals surface area contributed by atoms with Gasteiger partial charge in [-0.25, -0.2) is 19.9 Å². The molecule has 0 radical (unpaired) electrons. The van der Waals surface area contributed by atoms with Crippen molar-refractivity contribution >= 4 is 39.1 Å². The molecule has 146 valence electrons. The van der Waals surface area contributed by atoms with Gasteiger partial charge in [0.2, 0.25) is 0 Å². The van der Waals surface area contributed by atoms with Crippen molar-refractivity contribution in [2.45, 2.75) is 6.92 Å². The van der Waals surface area contributed by atoms with Crippen LogP contribution >= 0.6 is 11.3 Å². The van der Waals surface area contributed by atoms with Crippen LogP contribution in [0, 0.1) is 6.92 Å². The maximum Gasteiger partial charge on any atom is 0.185 e. The molecule has 0 atom stereocenters. The number of benzene rings is 1. The topological polar surface area (TPSA) is 99.8 Å². The van der Waals surface area contributed by atoms with Gasteiger partial charge in [0.1, 0.15) is 5.82 Å². The van der Waals surface area contributed by atoms with E-state index in [2.05, 4.69) is 42.7 Å². The summed E-state index contributed by atoms with van der Waals surface area (Å²) in [5.41, 5.74) is 9.75. The standard InChI is InChI=1S/C19H20N8S.2H2/c1-12-2-3-13-14(10-12)24-18(23-13)16-17(20)22-11-15(25-16)26-5-7-27(8-6-26)19-21-4-9-28-19;;/h2-4,9-11H,5-8H2,1H3,(H2,20,22)(H,23,24);2*1H. The molecule has 0 unspecified atom stereocenters. The maximum atomic E-state index is 6.12. The quantitative estimate of drug-likeness (QED) is 0.548. The van der Waals surface area contributed by atoms with Crippen molar-refractivity contribution in [3.05, 3.63) is 41.5 Å². The molecule has 1 aromatic carbocycles. The third-order valence-electron chi connectivity index (χ3n) is 4.94. The zero-order chi connectivity index (χ0) is 19.1. The predicted molar refractivity (Wildman–Crippen MR) is 117 cm³/mol. The molecule has 0 aliphatic carbocycles. The molecule has 8 nitrogen and oxygen atoms in total. The Morgan fingerprint density at radius 2 is 1.93 bits per heavy atom. The first-order valence-corrected chi connectivity index (χ1v) is 10.0. The third-order valence-corrected chi connectivity index (χ3v) is 5.78. The number of aromatic amines is 1. The number of piperazine rings is 1. The normalized spacial score (nSPS) is 14.8. The van der Waals surface area contributed by atoms with E-state index in [0.717, 1.165) is 48.2 Å². The van der Waals surface area contributed by atoms with E-state index >= 15 is 0 Å². The number of fused-ring (bicyclic) bond motifs is 1. The first-order valence-electron chi connectivity index (χ1n) is 9.16. The van der Waals surface area contributed by atoms with E-state index < -0.39 is 0 Å². The average Bonchev–Trinajstić information content (AvgIpc) is 3.38. The molecule has 0 spiro atoms. The van der Waals surface area contributed by atoms with Crippen molar-refractivity contribution in [3.63, 3.8) is 0 Å². The Labute approximate surface area is 169 Å². The van der Waals surface area contributed by atoms with E-state index in [1.807, 2.05) is 23.7 Å². The number of nitrogens with zero attached hydrogens (tertiary/aromatic N) is 6. The van der Waals surface area contributed by atoms with Crippen LogP contribution in [0.5, 0.6) is 0 Å². The Kier molecular flexibility index (Phi) is 4.09. The van der Waals surface area contributed by atoms with E-state index in [0.29, 0.717) is 17.3 Å². The Morgan fingerprint density at radius 1 is 1.11 bits per heavy atom. The number of H-pyrrole nitrogens is 1. The number of anilines is 3. The number of rotatable bonds is 3. The summed E-state index contributed by atoms with van der Waals surface area (Å²) in [6.45, 7) is 5.58. The van der Waals surface area contributed by atoms with E-state index in [9.17, 15) is 0 Å². The minimum Gasteiger partial charge on any atom is -0.382 e. The second-order valence-corrected chi connectivity index (χ2v) is 7.73. The molecule has 0 amide bonds. The lowest BCUT2D eigenvalue weighted by Crippen LogP contribution is -2.46. The first-order chi connectivity index (χ1) is 13.7. The largest absolute Gasteiger partial charge is 0.382 e. The van der Waals surface area contributed by atoms with Gasteiger partial charge in [0, 0.05) is 40.6 Å². The summed E-state index contributed by atoms with van der Waals surface area (Å²) in [4.78, 5) is 26.1. The highest BCUT2D eigenvalue weighted by Crippen LogP contribution is 2.26. The lowest BCUT2D eigenvalue weighted by molar-refractivity contribution is 0.645. The van der Waals surface area contributed by atoms with Crippen LogP contribution in [0.4, 0.5) is 16.8 Å². The monoisotopic (exact) mass is 396 g/mol. The van der Waals surface area contributed by atoms with Crippen molar-refractivity contribution in [2.24, 2.45) is 0 Å². The van der Waals surface area contributed by atoms with Crippen LogP contribution in [0.1, 0.15) is 8.42 Å². The molecule has 1 aliphatic rings. The summed E-state index contributed by atoms with van der Waals surface area (Å²) in [6, 6.07) is 6.10. The Bertz CT molecular complexity index is 1120. The molecule has 1 aliphatic heterocycles. The number of thiazole rings is 1. The number of imidazole rings is 1. The molecule has 1 fully saturated rings. The minimum atomic E-state index is 0. The molecule has 4 aromatic rings. The van der Waals surface area contributed by atoms with Gasteiger partial charge in [0.25, 0.3) is 0 Å². The SMILES string of the molecule is Cc1ccc2nc(-c3nc(N4CCN(c5nccs5)CC4)cnc3N)[nH]c2c1.[HH].[HH]. The van der Waals surface area contributed by atoms with Crippen LogP contribution in [0.25, 0.3) is 22.6 Å². The smallest absolute Gasteiger partial charge is 0.185 e. The van der Waals surface area contributed by atoms with Gasteiger partial charge in [-0.1, -0.05) is 6.07 Å². The molecule has 4 heterocycles. The van der Waals surface area contributed by atoms with Crippen LogP contribution in [-0.2, 0) is 0 Å². The number of nitrogens with one attached hydrogen (secondary N) is 1. The van der Waals surface area contributed by atoms with Gasteiger partial charge in [0.15, 0.2) is 22.5 Å². The van der Waals surface area contributed by atoms with E-state index in [1.165, 1.54) is 5.56 Å². The van der Waals surface area contributed by atoms with Gasteiger partial charge in [-0.2, -0.15) is 0 Å². The zero-order valence-corrected chi connectivity index (χ0v) is 16.3. The second-order valence-electron chi connectivity index (χ2n) is 6.86. The third kappa shape index (κ3) is 3.03. The molecule has 28 heavy (non-hydrogen) atoms. The molecule has 1 saturated heterocycles. The summed E-state index contributed by atoms with van der Waals surface area (Å²) in [6.07, 6.45) is 3.59. The summed E-state index contributed by atoms with van der Waals surface area (Å²) in [5, 5.41) is 3.08. The summed E-state index contributed by atoms with van der Waals surface area (Å²) >= 11 is 1.67. The number of aromatic nitrogens is 5. The first kappa shape index (κ1) is 16.9. The van der Waals surface area contributed by atoms with Crippen LogP contribution in [0.2, 0.25) is 0 Å². The van der Waals surface area contributed by atoms with Gasteiger partial charge in [-0.15, -0.1) is 11.3 Å². The molecule has 0 bridgehead atoms. The summed E-state index contributed by atoms with van der Waals surface area (Å²) < 4.78 is 0. The van der Waals surface area contributed by atoms with Crippen LogP contribution in [0.3, 0.4) is 0 Å². The fourth-order valence-electron chi connectivity index (χ4n) is 3.45. The Hall–Kier alpha value is -3.20. The van der Waals surface area contributed by atoms with Gasteiger partial charge in [-0.05, 0) is 24.6 Å². The van der Waals surface area contributed by atoms with E-state index in [4.69, 9.17) is 10.7 Å². The van der Waals surface area contributed by atoms with Gasteiger partial charge in [0.05, 0.1) is 17.2 Å². The highest BCUT2D eigenvalue weighted by Gasteiger charge is 2.21. The van der Waals surface area contributed by atoms with Crippen molar-refractivity contribution in [1.29, 1.82) is 0 Å². The fraction of sp³-hybridized carbons (Fsp3) is 0.263. The number of aryl methyl sites for hydroxylation is 1. The average molecular weight is 397 g/mol. The van der Waals surface area contributed by atoms with Crippen molar-refractivity contribution in [2.75, 3.05) is 41.7 Å². The lowest BCUT2D eigenvalue weighted by atomic mass is 10.2. The van der Waals surface area contributed by atoms with E-state index in [-0.39, 0.29) is 2.85 Å². The molecule has 9 heteroatoms. The van der Waals surface area contributed by atoms with E-state index in [1.54, 1.807) is 17.5 Å². The van der Waals surface area contributed by atoms with Crippen molar-refractivity contribution < 1.29 is 2.85 Å². The number of nitrogen functional groups attached to an aromatic ring is 1. The van der Waals surface area contributed by atoms with Gasteiger partial charge < -0.3 is 20.5 Å². The summed E-state index contributed by atoms with van der Waals surface area (Å²) in [5.74, 6) is 1.84. The predicted octanol–water partition coefficient (Wildman–Crippen LogP) is 3.19. The second kappa shape index (κ2) is 6.75.